The van der Waals surface area contributed by atoms with E-state index in [1.54, 1.807) is 18.2 Å². The number of aliphatic carboxylic acids is 1. The van der Waals surface area contributed by atoms with Crippen molar-refractivity contribution >= 4 is 29.2 Å². The lowest BCUT2D eigenvalue weighted by atomic mass is 10.1. The maximum atomic E-state index is 11.0. The Morgan fingerprint density at radius 1 is 1.40 bits per heavy atom. The number of carboxylic acid groups (broad SMARTS) is 1. The van der Waals surface area contributed by atoms with Crippen molar-refractivity contribution in [3.8, 4) is 5.75 Å². The molecule has 0 bridgehead atoms. The smallest absolute Gasteiger partial charge is 0.320 e. The molecule has 0 heterocycles. The molecule has 1 aromatic carbocycles. The number of hydrogen-bond donors (Lipinski definition) is 2. The second kappa shape index (κ2) is 8.35. The number of carbonyl (C=O) groups is 1. The molecule has 0 aliphatic rings. The molecule has 0 aliphatic heterocycles. The van der Waals surface area contributed by atoms with E-state index in [1.807, 2.05) is 13.8 Å². The third-order valence-corrected chi connectivity index (χ3v) is 3.49. The fourth-order valence-corrected chi connectivity index (χ4v) is 2.03. The van der Waals surface area contributed by atoms with E-state index in [2.05, 4.69) is 5.32 Å². The first kappa shape index (κ1) is 17.1. The van der Waals surface area contributed by atoms with E-state index in [0.717, 1.165) is 6.42 Å². The van der Waals surface area contributed by atoms with Gasteiger partial charge in [-0.1, -0.05) is 36.5 Å². The number of hydrogen-bond acceptors (Lipinski definition) is 3. The van der Waals surface area contributed by atoms with Crippen LogP contribution in [0.3, 0.4) is 0 Å². The highest BCUT2D eigenvalue weighted by molar-refractivity contribution is 6.42. The summed E-state index contributed by atoms with van der Waals surface area (Å²) < 4.78 is 5.56. The van der Waals surface area contributed by atoms with Crippen LogP contribution >= 0.6 is 23.2 Å². The summed E-state index contributed by atoms with van der Waals surface area (Å²) in [5.41, 5.74) is 0. The molecule has 2 atom stereocenters. The summed E-state index contributed by atoms with van der Waals surface area (Å²) in [5, 5.41) is 13.0. The molecule has 0 fully saturated rings. The van der Waals surface area contributed by atoms with Crippen LogP contribution < -0.4 is 10.1 Å². The number of halogens is 2. The Hall–Kier alpha value is -0.970. The number of benzene rings is 1. The number of carboxylic acids is 1. The predicted molar refractivity (Wildman–Crippen MR) is 80.9 cm³/mol. The molecule has 2 unspecified atom stereocenters. The molecular formula is C14H19Cl2NO3. The van der Waals surface area contributed by atoms with Gasteiger partial charge >= 0.3 is 5.97 Å². The second-order valence-corrected chi connectivity index (χ2v) is 5.45. The highest BCUT2D eigenvalue weighted by Gasteiger charge is 2.18. The zero-order valence-corrected chi connectivity index (χ0v) is 13.0. The molecule has 1 aromatic rings. The van der Waals surface area contributed by atoms with Crippen molar-refractivity contribution in [2.75, 3.05) is 6.61 Å². The molecule has 0 saturated heterocycles. The minimum absolute atomic E-state index is 0.0860. The summed E-state index contributed by atoms with van der Waals surface area (Å²) in [6.45, 7) is 4.18. The van der Waals surface area contributed by atoms with Crippen molar-refractivity contribution in [3.63, 3.8) is 0 Å². The van der Waals surface area contributed by atoms with Crippen LogP contribution in [0.25, 0.3) is 0 Å². The zero-order chi connectivity index (χ0) is 15.1. The zero-order valence-electron chi connectivity index (χ0n) is 11.5. The van der Waals surface area contributed by atoms with E-state index in [1.165, 1.54) is 0 Å². The van der Waals surface area contributed by atoms with Gasteiger partial charge in [-0.05, 0) is 25.5 Å². The maximum Gasteiger partial charge on any atom is 0.320 e. The molecule has 0 radical (unpaired) electrons. The van der Waals surface area contributed by atoms with Crippen LogP contribution in [0.2, 0.25) is 10.0 Å². The summed E-state index contributed by atoms with van der Waals surface area (Å²) >= 11 is 11.7. The Bertz CT molecular complexity index is 454. The first-order valence-corrected chi connectivity index (χ1v) is 7.26. The van der Waals surface area contributed by atoms with Crippen LogP contribution in [-0.2, 0) is 4.79 Å². The molecule has 4 nitrogen and oxygen atoms in total. The van der Waals surface area contributed by atoms with Gasteiger partial charge in [-0.15, -0.1) is 0 Å². The lowest BCUT2D eigenvalue weighted by Crippen LogP contribution is -2.44. The molecule has 0 aromatic heterocycles. The van der Waals surface area contributed by atoms with Gasteiger partial charge in [-0.25, -0.2) is 0 Å². The number of ether oxygens (including phenoxy) is 1. The van der Waals surface area contributed by atoms with Crippen LogP contribution in [-0.4, -0.2) is 29.8 Å². The Morgan fingerprint density at radius 3 is 2.65 bits per heavy atom. The molecule has 6 heteroatoms. The highest BCUT2D eigenvalue weighted by Crippen LogP contribution is 2.26. The fourth-order valence-electron chi connectivity index (χ4n) is 1.75. The summed E-state index contributed by atoms with van der Waals surface area (Å²) in [6.07, 6.45) is 1.40. The third kappa shape index (κ3) is 5.57. The summed E-state index contributed by atoms with van der Waals surface area (Å²) in [4.78, 5) is 11.0. The van der Waals surface area contributed by atoms with Crippen LogP contribution in [0.5, 0.6) is 5.75 Å². The lowest BCUT2D eigenvalue weighted by molar-refractivity contribution is -0.139. The predicted octanol–water partition coefficient (Wildman–Crippen LogP) is 3.60. The fraction of sp³-hybridized carbons (Fsp3) is 0.500. The highest BCUT2D eigenvalue weighted by atomic mass is 35.5. The van der Waals surface area contributed by atoms with Crippen molar-refractivity contribution in [2.45, 2.75) is 38.8 Å². The molecule has 0 amide bonds. The first-order valence-electron chi connectivity index (χ1n) is 6.50. The topological polar surface area (TPSA) is 58.6 Å². The van der Waals surface area contributed by atoms with Gasteiger partial charge in [0.1, 0.15) is 18.4 Å². The monoisotopic (exact) mass is 319 g/mol. The van der Waals surface area contributed by atoms with Gasteiger partial charge in [-0.3, -0.25) is 10.1 Å². The van der Waals surface area contributed by atoms with Gasteiger partial charge in [-0.2, -0.15) is 0 Å². The van der Waals surface area contributed by atoms with Gasteiger partial charge in [0.25, 0.3) is 0 Å². The second-order valence-electron chi connectivity index (χ2n) is 4.63. The van der Waals surface area contributed by atoms with Gasteiger partial charge in [0.15, 0.2) is 0 Å². The standard InChI is InChI=1S/C14H19Cl2NO3/c1-3-4-13(14(18)19)17-9(2)8-20-10-5-6-11(15)12(16)7-10/h5-7,9,13,17H,3-4,8H2,1-2H3,(H,18,19). The lowest BCUT2D eigenvalue weighted by Gasteiger charge is -2.20. The average Bonchev–Trinajstić information content (AvgIpc) is 2.39. The Labute approximate surface area is 129 Å². The number of nitrogens with one attached hydrogen (secondary N) is 1. The molecule has 2 N–H and O–H groups in total. The van der Waals surface area contributed by atoms with Crippen molar-refractivity contribution in [3.05, 3.63) is 28.2 Å². The average molecular weight is 320 g/mol. The minimum Gasteiger partial charge on any atom is -0.492 e. The summed E-state index contributed by atoms with van der Waals surface area (Å²) in [5.74, 6) is -0.233. The van der Waals surface area contributed by atoms with Crippen molar-refractivity contribution < 1.29 is 14.6 Å². The van der Waals surface area contributed by atoms with E-state index < -0.39 is 12.0 Å². The summed E-state index contributed by atoms with van der Waals surface area (Å²) in [6, 6.07) is 4.39. The van der Waals surface area contributed by atoms with E-state index in [4.69, 9.17) is 33.0 Å². The molecule has 0 spiro atoms. The third-order valence-electron chi connectivity index (χ3n) is 2.75. The van der Waals surface area contributed by atoms with Crippen LogP contribution in [0, 0.1) is 0 Å². The van der Waals surface area contributed by atoms with Crippen LogP contribution in [0.1, 0.15) is 26.7 Å². The molecule has 0 saturated carbocycles. The first-order chi connectivity index (χ1) is 9.43. The molecular weight excluding hydrogens is 301 g/mol. The molecule has 0 aliphatic carbocycles. The summed E-state index contributed by atoms with van der Waals surface area (Å²) in [7, 11) is 0. The van der Waals surface area contributed by atoms with Crippen LogP contribution in [0.15, 0.2) is 18.2 Å². The van der Waals surface area contributed by atoms with Gasteiger partial charge in [0.2, 0.25) is 0 Å². The molecule has 1 rings (SSSR count). The van der Waals surface area contributed by atoms with E-state index in [-0.39, 0.29) is 6.04 Å². The Morgan fingerprint density at radius 2 is 2.10 bits per heavy atom. The SMILES string of the molecule is CCCC(NC(C)COc1ccc(Cl)c(Cl)c1)C(=O)O. The van der Waals surface area contributed by atoms with E-state index in [9.17, 15) is 4.79 Å². The molecule has 112 valence electrons. The Balaban J connectivity index is 2.47. The van der Waals surface area contributed by atoms with E-state index in [0.29, 0.717) is 28.8 Å². The Kier molecular flexibility index (Phi) is 7.13. The van der Waals surface area contributed by atoms with Crippen LogP contribution in [0.4, 0.5) is 0 Å². The quantitative estimate of drug-likeness (QED) is 0.768. The maximum absolute atomic E-state index is 11.0. The van der Waals surface area contributed by atoms with Crippen molar-refractivity contribution in [1.29, 1.82) is 0 Å². The minimum atomic E-state index is -0.840. The normalized spacial score (nSPS) is 13.8. The van der Waals surface area contributed by atoms with Gasteiger partial charge in [0.05, 0.1) is 10.0 Å². The van der Waals surface area contributed by atoms with Crippen molar-refractivity contribution in [1.82, 2.24) is 5.32 Å². The van der Waals surface area contributed by atoms with Crippen molar-refractivity contribution in [2.24, 2.45) is 0 Å². The number of rotatable bonds is 8. The molecule has 20 heavy (non-hydrogen) atoms. The van der Waals surface area contributed by atoms with E-state index >= 15 is 0 Å². The largest absolute Gasteiger partial charge is 0.492 e. The van der Waals surface area contributed by atoms with Gasteiger partial charge < -0.3 is 9.84 Å². The van der Waals surface area contributed by atoms with Gasteiger partial charge in [0, 0.05) is 12.1 Å².